The summed E-state index contributed by atoms with van der Waals surface area (Å²) in [6.45, 7) is 2.37. The van der Waals surface area contributed by atoms with Gasteiger partial charge in [-0.1, -0.05) is 19.8 Å². The van der Waals surface area contributed by atoms with E-state index in [1.807, 2.05) is 6.92 Å². The van der Waals surface area contributed by atoms with Gasteiger partial charge in [0, 0.05) is 6.42 Å². The Hall–Kier alpha value is 1.22. The van der Waals surface area contributed by atoms with Gasteiger partial charge in [0.25, 0.3) is 0 Å². The van der Waals surface area contributed by atoms with Crippen molar-refractivity contribution < 1.29 is 33.8 Å². The summed E-state index contributed by atoms with van der Waals surface area (Å²) >= 11 is 0. The Morgan fingerprint density at radius 3 is 1.90 bits per heavy atom. The molecule has 2 atom stereocenters. The Bertz CT molecular complexity index is 358. The summed E-state index contributed by atoms with van der Waals surface area (Å²) in [5.74, 6) is -3.47. The molecular weight excluding hydrogens is 319 g/mol. The van der Waals surface area contributed by atoms with Crippen molar-refractivity contribution in [3.05, 3.63) is 0 Å². The molecule has 0 spiro atoms. The van der Waals surface area contributed by atoms with Gasteiger partial charge in [0.15, 0.2) is 5.85 Å². The summed E-state index contributed by atoms with van der Waals surface area (Å²) in [6.07, 6.45) is 1.88. The standard InChI is InChI=1S/C9H23NO7P2.Na.H/c1-3-4-5-6-10(2)8(18(12,13)14)7-9(11)19(15,16)17;;/h8-9,11H,3-7H2,1-2H3,(H2,12,13,14)(H2,15,16,17);;. The third kappa shape index (κ3) is 9.28. The van der Waals surface area contributed by atoms with E-state index in [0.29, 0.717) is 6.54 Å². The van der Waals surface area contributed by atoms with Crippen LogP contribution in [-0.4, -0.2) is 84.4 Å². The molecule has 0 heterocycles. The van der Waals surface area contributed by atoms with Crippen molar-refractivity contribution in [2.24, 2.45) is 0 Å². The number of nitrogens with zero attached hydrogens (tertiary/aromatic N) is 1. The molecule has 0 aromatic carbocycles. The van der Waals surface area contributed by atoms with Crippen LogP contribution >= 0.6 is 15.2 Å². The van der Waals surface area contributed by atoms with Crippen LogP contribution in [0, 0.1) is 0 Å². The molecule has 0 saturated carbocycles. The predicted molar refractivity (Wildman–Crippen MR) is 77.8 cm³/mol. The quantitative estimate of drug-likeness (QED) is 0.221. The van der Waals surface area contributed by atoms with Crippen LogP contribution in [0.1, 0.15) is 32.6 Å². The third-order valence-corrected chi connectivity index (χ3v) is 5.19. The molecular formula is C9H24NNaO7P2. The second-order valence-corrected chi connectivity index (χ2v) is 8.11. The van der Waals surface area contributed by atoms with Crippen molar-refractivity contribution >= 4 is 44.7 Å². The first-order valence-electron chi connectivity index (χ1n) is 5.98. The minimum absolute atomic E-state index is 0. The molecule has 0 fully saturated rings. The van der Waals surface area contributed by atoms with Gasteiger partial charge >= 0.3 is 44.7 Å². The number of hydrogen-bond acceptors (Lipinski definition) is 4. The van der Waals surface area contributed by atoms with Gasteiger partial charge in [-0.25, -0.2) is 0 Å². The Kier molecular flexibility index (Phi) is 11.8. The van der Waals surface area contributed by atoms with Crippen molar-refractivity contribution in [3.63, 3.8) is 0 Å². The predicted octanol–water partition coefficient (Wildman–Crippen LogP) is -0.150. The summed E-state index contributed by atoms with van der Waals surface area (Å²) in [6, 6.07) is 0. The zero-order valence-corrected chi connectivity index (χ0v) is 12.9. The van der Waals surface area contributed by atoms with E-state index in [-0.39, 0.29) is 29.6 Å². The van der Waals surface area contributed by atoms with Crippen molar-refractivity contribution in [1.29, 1.82) is 0 Å². The first-order valence-corrected chi connectivity index (χ1v) is 9.35. The van der Waals surface area contributed by atoms with E-state index >= 15 is 0 Å². The van der Waals surface area contributed by atoms with Gasteiger partial charge in [0.1, 0.15) is 5.78 Å². The molecule has 20 heavy (non-hydrogen) atoms. The normalized spacial score (nSPS) is 15.8. The number of unbranched alkanes of at least 4 members (excludes halogenated alkanes) is 2. The first-order chi connectivity index (χ1) is 8.50. The Labute approximate surface area is 141 Å². The van der Waals surface area contributed by atoms with Crippen LogP contribution in [0.4, 0.5) is 0 Å². The van der Waals surface area contributed by atoms with E-state index in [2.05, 4.69) is 0 Å². The number of aliphatic hydroxyl groups excluding tert-OH is 1. The molecule has 0 aromatic heterocycles. The molecule has 0 aliphatic carbocycles. The van der Waals surface area contributed by atoms with Gasteiger partial charge in [-0.05, 0) is 20.0 Å². The molecule has 0 aliphatic heterocycles. The molecule has 118 valence electrons. The van der Waals surface area contributed by atoms with Crippen LogP contribution in [0.2, 0.25) is 0 Å². The molecule has 5 N–H and O–H groups in total. The molecule has 2 unspecified atom stereocenters. The number of aliphatic hydroxyl groups is 1. The summed E-state index contributed by atoms with van der Waals surface area (Å²) in [7, 11) is -7.88. The third-order valence-electron chi connectivity index (χ3n) is 2.82. The first kappa shape index (κ1) is 23.5. The fraction of sp³-hybridized carbons (Fsp3) is 1.00. The van der Waals surface area contributed by atoms with Crippen LogP contribution in [-0.2, 0) is 9.13 Å². The zero-order valence-electron chi connectivity index (χ0n) is 11.1. The topological polar surface area (TPSA) is 139 Å². The van der Waals surface area contributed by atoms with E-state index in [4.69, 9.17) is 9.79 Å². The van der Waals surface area contributed by atoms with Crippen LogP contribution in [0.3, 0.4) is 0 Å². The molecule has 11 heteroatoms. The molecule has 0 radical (unpaired) electrons. The maximum absolute atomic E-state index is 11.4. The summed E-state index contributed by atoms with van der Waals surface area (Å²) in [5, 5.41) is 9.31. The molecule has 0 rings (SSSR count). The molecule has 0 saturated heterocycles. The van der Waals surface area contributed by atoms with Gasteiger partial charge in [0.05, 0.1) is 0 Å². The number of hydrogen-bond donors (Lipinski definition) is 5. The van der Waals surface area contributed by atoms with Gasteiger partial charge in [-0.15, -0.1) is 0 Å². The summed E-state index contributed by atoms with van der Waals surface area (Å²) in [5.41, 5.74) is 0. The molecule has 8 nitrogen and oxygen atoms in total. The fourth-order valence-electron chi connectivity index (χ4n) is 1.66. The zero-order chi connectivity index (χ0) is 15.3. The van der Waals surface area contributed by atoms with E-state index in [9.17, 15) is 24.0 Å². The van der Waals surface area contributed by atoms with Crippen LogP contribution in [0.15, 0.2) is 0 Å². The van der Waals surface area contributed by atoms with E-state index in [0.717, 1.165) is 19.3 Å². The van der Waals surface area contributed by atoms with Gasteiger partial charge < -0.3 is 24.7 Å². The average Bonchev–Trinajstić information content (AvgIpc) is 2.22. The van der Waals surface area contributed by atoms with Crippen molar-refractivity contribution in [2.45, 2.75) is 44.2 Å². The molecule has 0 aromatic rings. The van der Waals surface area contributed by atoms with Crippen LogP contribution < -0.4 is 0 Å². The molecule has 0 amide bonds. The Morgan fingerprint density at radius 1 is 1.05 bits per heavy atom. The second-order valence-electron chi connectivity index (χ2n) is 4.56. The summed E-state index contributed by atoms with van der Waals surface area (Å²) < 4.78 is 22.2. The van der Waals surface area contributed by atoms with Crippen molar-refractivity contribution in [1.82, 2.24) is 4.90 Å². The number of rotatable bonds is 9. The van der Waals surface area contributed by atoms with Gasteiger partial charge in [0.2, 0.25) is 0 Å². The monoisotopic (exact) mass is 343 g/mol. The maximum atomic E-state index is 11.4. The van der Waals surface area contributed by atoms with E-state index in [1.54, 1.807) is 0 Å². The van der Waals surface area contributed by atoms with E-state index < -0.39 is 33.2 Å². The second kappa shape index (κ2) is 10.1. The van der Waals surface area contributed by atoms with Crippen molar-refractivity contribution in [2.75, 3.05) is 13.6 Å². The Morgan fingerprint density at radius 2 is 1.55 bits per heavy atom. The van der Waals surface area contributed by atoms with Crippen molar-refractivity contribution in [3.8, 4) is 0 Å². The summed E-state index contributed by atoms with van der Waals surface area (Å²) in [4.78, 5) is 37.4. The molecule has 0 bridgehead atoms. The van der Waals surface area contributed by atoms with Crippen LogP contribution in [0.5, 0.6) is 0 Å². The fourth-order valence-corrected chi connectivity index (χ4v) is 3.40. The Balaban J connectivity index is 0. The van der Waals surface area contributed by atoms with E-state index in [1.165, 1.54) is 11.9 Å². The molecule has 0 aliphatic rings. The SMILES string of the molecule is CCCCCN(C)C(CC(O)P(=O)(O)O)P(=O)(O)O.[NaH]. The van der Waals surface area contributed by atoms with Gasteiger partial charge in [-0.2, -0.15) is 0 Å². The minimum atomic E-state index is -4.77. The average molecular weight is 343 g/mol. The van der Waals surface area contributed by atoms with Gasteiger partial charge in [-0.3, -0.25) is 14.0 Å². The van der Waals surface area contributed by atoms with Crippen LogP contribution in [0.25, 0.3) is 0 Å².